The van der Waals surface area contributed by atoms with Gasteiger partial charge in [-0.15, -0.1) is 0 Å². The monoisotopic (exact) mass is 428 g/mol. The Hall–Kier alpha value is -3.74. The minimum atomic E-state index is -0.366. The molecule has 0 spiro atoms. The van der Waals surface area contributed by atoms with E-state index in [1.165, 1.54) is 11.1 Å². The predicted octanol–water partition coefficient (Wildman–Crippen LogP) is 3.65. The second-order valence-electron chi connectivity index (χ2n) is 8.17. The average molecular weight is 428 g/mol. The van der Waals surface area contributed by atoms with Gasteiger partial charge in [-0.1, -0.05) is 30.3 Å². The molecule has 0 radical (unpaired) electrons. The summed E-state index contributed by atoms with van der Waals surface area (Å²) in [5.74, 6) is 0.679. The van der Waals surface area contributed by atoms with E-state index < -0.39 is 0 Å². The van der Waals surface area contributed by atoms with Crippen LogP contribution in [0.3, 0.4) is 0 Å². The molecule has 2 aromatic heterocycles. The van der Waals surface area contributed by atoms with E-state index in [-0.39, 0.29) is 11.8 Å². The summed E-state index contributed by atoms with van der Waals surface area (Å²) >= 11 is 0. The lowest BCUT2D eigenvalue weighted by atomic mass is 9.93. The number of hydrogen-bond acceptors (Lipinski definition) is 5. The van der Waals surface area contributed by atoms with Crippen molar-refractivity contribution < 1.29 is 14.0 Å². The van der Waals surface area contributed by atoms with Gasteiger partial charge in [-0.2, -0.15) is 5.10 Å². The molecule has 3 heterocycles. The van der Waals surface area contributed by atoms with E-state index in [1.54, 1.807) is 24.4 Å². The van der Waals surface area contributed by atoms with Gasteiger partial charge in [-0.25, -0.2) is 5.43 Å². The topological polar surface area (TPSA) is 87.8 Å². The van der Waals surface area contributed by atoms with Gasteiger partial charge < -0.3 is 9.32 Å². The number of furan rings is 1. The molecule has 1 aliphatic heterocycles. The van der Waals surface area contributed by atoms with Crippen molar-refractivity contribution in [1.82, 2.24) is 15.3 Å². The number of nitrogens with one attached hydrogen (secondary N) is 1. The highest BCUT2D eigenvalue weighted by atomic mass is 16.4. The molecule has 32 heavy (non-hydrogen) atoms. The lowest BCUT2D eigenvalue weighted by Gasteiger charge is -2.28. The van der Waals surface area contributed by atoms with Gasteiger partial charge in [0.25, 0.3) is 11.8 Å². The molecule has 5 rings (SSSR count). The van der Waals surface area contributed by atoms with Crippen LogP contribution in [-0.2, 0) is 19.4 Å². The first-order valence-corrected chi connectivity index (χ1v) is 10.9. The highest BCUT2D eigenvalue weighted by Crippen LogP contribution is 2.31. The number of nitrogens with zero attached hydrogens (tertiary/aromatic N) is 3. The second-order valence-corrected chi connectivity index (χ2v) is 8.17. The van der Waals surface area contributed by atoms with Crippen LogP contribution in [0, 0.1) is 6.92 Å². The van der Waals surface area contributed by atoms with E-state index in [0.29, 0.717) is 31.0 Å². The molecule has 2 aliphatic rings. The van der Waals surface area contributed by atoms with Gasteiger partial charge in [-0.05, 0) is 49.4 Å². The number of aryl methyl sites for hydroxylation is 1. The Morgan fingerprint density at radius 2 is 1.88 bits per heavy atom. The van der Waals surface area contributed by atoms with Crippen LogP contribution in [0.15, 0.2) is 58.2 Å². The Bertz CT molecular complexity index is 1210. The lowest BCUT2D eigenvalue weighted by molar-refractivity contribution is 0.0699. The number of carbonyl (C=O) groups excluding carboxylic acids is 2. The first kappa shape index (κ1) is 20.2. The number of benzene rings is 1. The number of amides is 2. The Balaban J connectivity index is 1.39. The van der Waals surface area contributed by atoms with Crippen molar-refractivity contribution in [2.45, 2.75) is 39.2 Å². The molecule has 1 N–H and O–H groups in total. The highest BCUT2D eigenvalue weighted by molar-refractivity contribution is 6.07. The molecule has 2 amide bonds. The van der Waals surface area contributed by atoms with E-state index in [4.69, 9.17) is 4.42 Å². The molecule has 162 valence electrons. The largest absolute Gasteiger partial charge is 0.455 e. The predicted molar refractivity (Wildman–Crippen MR) is 120 cm³/mol. The van der Waals surface area contributed by atoms with Crippen molar-refractivity contribution in [2.24, 2.45) is 5.10 Å². The van der Waals surface area contributed by atoms with Gasteiger partial charge in [0.2, 0.25) is 0 Å². The van der Waals surface area contributed by atoms with Gasteiger partial charge >= 0.3 is 0 Å². The molecule has 0 atom stereocenters. The van der Waals surface area contributed by atoms with Crippen LogP contribution in [0.5, 0.6) is 0 Å². The maximum atomic E-state index is 13.3. The lowest BCUT2D eigenvalue weighted by Crippen LogP contribution is -2.36. The van der Waals surface area contributed by atoms with Gasteiger partial charge in [0.15, 0.2) is 5.76 Å². The molecule has 0 saturated carbocycles. The van der Waals surface area contributed by atoms with Gasteiger partial charge in [0.1, 0.15) is 11.5 Å². The highest BCUT2D eigenvalue weighted by Gasteiger charge is 2.31. The van der Waals surface area contributed by atoms with Crippen molar-refractivity contribution in [3.05, 3.63) is 88.1 Å². The Labute approximate surface area is 186 Å². The number of hydrazone groups is 1. The summed E-state index contributed by atoms with van der Waals surface area (Å²) in [6.45, 7) is 3.15. The molecule has 1 aliphatic carbocycles. The third-order valence-corrected chi connectivity index (χ3v) is 6.13. The van der Waals surface area contributed by atoms with Gasteiger partial charge in [0.05, 0.1) is 5.71 Å². The first-order chi connectivity index (χ1) is 15.6. The summed E-state index contributed by atoms with van der Waals surface area (Å²) < 4.78 is 6.06. The Morgan fingerprint density at radius 3 is 2.69 bits per heavy atom. The number of hydrogen-bond donors (Lipinski definition) is 1. The number of rotatable bonds is 3. The molecule has 0 saturated heterocycles. The molecule has 3 aromatic rings. The zero-order valence-corrected chi connectivity index (χ0v) is 17.9. The van der Waals surface area contributed by atoms with Crippen molar-refractivity contribution in [1.29, 1.82) is 0 Å². The molecule has 0 fully saturated rings. The van der Waals surface area contributed by atoms with Crippen molar-refractivity contribution in [2.75, 3.05) is 6.54 Å². The minimum absolute atomic E-state index is 0.0942. The van der Waals surface area contributed by atoms with E-state index in [9.17, 15) is 9.59 Å². The van der Waals surface area contributed by atoms with Crippen LogP contribution in [0.1, 0.15) is 61.9 Å². The van der Waals surface area contributed by atoms with E-state index >= 15 is 0 Å². The summed E-state index contributed by atoms with van der Waals surface area (Å²) in [5.41, 5.74) is 7.75. The fourth-order valence-electron chi connectivity index (χ4n) is 4.47. The standard InChI is InChI=1S/C25H24N4O3/c1-16-22-19(27-28-24(30)20-9-4-5-13-26-20)10-6-11-21(22)32-23(16)25(31)29-14-12-17-7-2-3-8-18(17)15-29/h2-5,7-9,13H,6,10-12,14-15H2,1H3,(H,28,30)/b27-19+. The summed E-state index contributed by atoms with van der Waals surface area (Å²) in [6, 6.07) is 13.4. The van der Waals surface area contributed by atoms with Crippen LogP contribution in [0.2, 0.25) is 0 Å². The van der Waals surface area contributed by atoms with Gasteiger partial charge in [-0.3, -0.25) is 14.6 Å². The maximum absolute atomic E-state index is 13.3. The van der Waals surface area contributed by atoms with Crippen molar-refractivity contribution in [3.63, 3.8) is 0 Å². The third kappa shape index (κ3) is 3.70. The first-order valence-electron chi connectivity index (χ1n) is 10.9. The molecule has 7 nitrogen and oxygen atoms in total. The minimum Gasteiger partial charge on any atom is -0.455 e. The number of pyridine rings is 1. The van der Waals surface area contributed by atoms with Crippen LogP contribution < -0.4 is 5.43 Å². The number of fused-ring (bicyclic) bond motifs is 2. The molecular formula is C25H24N4O3. The fraction of sp³-hybridized carbons (Fsp3) is 0.280. The van der Waals surface area contributed by atoms with Crippen LogP contribution >= 0.6 is 0 Å². The molecular weight excluding hydrogens is 404 g/mol. The van der Waals surface area contributed by atoms with Crippen LogP contribution in [0.25, 0.3) is 0 Å². The van der Waals surface area contributed by atoms with Gasteiger partial charge in [0, 0.05) is 36.8 Å². The molecule has 7 heteroatoms. The number of carbonyl (C=O) groups is 2. The smallest absolute Gasteiger partial charge is 0.290 e. The third-order valence-electron chi connectivity index (χ3n) is 6.13. The summed E-state index contributed by atoms with van der Waals surface area (Å²) in [6.07, 6.45) is 4.72. The zero-order valence-electron chi connectivity index (χ0n) is 17.9. The average Bonchev–Trinajstić information content (AvgIpc) is 3.19. The zero-order chi connectivity index (χ0) is 22.1. The van der Waals surface area contributed by atoms with Crippen molar-refractivity contribution >= 4 is 17.5 Å². The Morgan fingerprint density at radius 1 is 1.06 bits per heavy atom. The van der Waals surface area contributed by atoms with E-state index in [0.717, 1.165) is 41.9 Å². The maximum Gasteiger partial charge on any atom is 0.290 e. The second kappa shape index (κ2) is 8.42. The Kier molecular flexibility index (Phi) is 5.31. The summed E-state index contributed by atoms with van der Waals surface area (Å²) in [4.78, 5) is 31.6. The molecule has 0 bridgehead atoms. The summed E-state index contributed by atoms with van der Waals surface area (Å²) in [5, 5.41) is 4.37. The normalized spacial score (nSPS) is 16.4. The molecule has 0 unspecified atom stereocenters. The SMILES string of the molecule is Cc1c(C(=O)N2CCc3ccccc3C2)oc2c1/C(=N/NC(=O)c1ccccn1)CCC2. The van der Waals surface area contributed by atoms with E-state index in [1.807, 2.05) is 24.0 Å². The molecule has 1 aromatic carbocycles. The fourth-order valence-corrected chi connectivity index (χ4v) is 4.47. The van der Waals surface area contributed by atoms with E-state index in [2.05, 4.69) is 27.6 Å². The van der Waals surface area contributed by atoms with Crippen LogP contribution in [0.4, 0.5) is 0 Å². The van der Waals surface area contributed by atoms with Crippen LogP contribution in [-0.4, -0.2) is 34.0 Å². The van der Waals surface area contributed by atoms with Crippen molar-refractivity contribution in [3.8, 4) is 0 Å². The summed E-state index contributed by atoms with van der Waals surface area (Å²) in [7, 11) is 0. The number of aromatic nitrogens is 1. The quantitative estimate of drug-likeness (QED) is 0.645.